The molecule has 0 saturated carbocycles. The maximum absolute atomic E-state index is 6.13. The second kappa shape index (κ2) is 17.7. The molecule has 0 N–H and O–H groups in total. The van der Waals surface area contributed by atoms with Crippen molar-refractivity contribution in [1.82, 2.24) is 0 Å². The number of hydrogen-bond acceptors (Lipinski definition) is 8. The van der Waals surface area contributed by atoms with Gasteiger partial charge in [0, 0.05) is 0 Å². The van der Waals surface area contributed by atoms with Gasteiger partial charge in [-0.1, -0.05) is 60.7 Å². The first-order valence-corrected chi connectivity index (χ1v) is 13.4. The molecule has 1 fully saturated rings. The van der Waals surface area contributed by atoms with E-state index in [1.165, 1.54) is 0 Å². The van der Waals surface area contributed by atoms with Crippen LogP contribution in [0.1, 0.15) is 25.0 Å². The van der Waals surface area contributed by atoms with Crippen molar-refractivity contribution in [2.45, 2.75) is 38.3 Å². The van der Waals surface area contributed by atoms with Gasteiger partial charge in [0.15, 0.2) is 0 Å². The molecule has 38 heavy (non-hydrogen) atoms. The fraction of sp³-hybridized carbons (Fsp3) is 0.600. The third-order valence-corrected chi connectivity index (χ3v) is 5.95. The lowest BCUT2D eigenvalue weighted by atomic mass is 10.1. The van der Waals surface area contributed by atoms with E-state index in [1.54, 1.807) is 0 Å². The minimum Gasteiger partial charge on any atom is -0.377 e. The Morgan fingerprint density at radius 3 is 1.32 bits per heavy atom. The van der Waals surface area contributed by atoms with Crippen molar-refractivity contribution in [2.75, 3.05) is 79.3 Å². The predicted octanol–water partition coefficient (Wildman–Crippen LogP) is 4.05. The molecule has 0 aliphatic carbocycles. The lowest BCUT2D eigenvalue weighted by Gasteiger charge is -2.31. The van der Waals surface area contributed by atoms with E-state index in [1.807, 2.05) is 74.5 Å². The summed E-state index contributed by atoms with van der Waals surface area (Å²) >= 11 is 0. The molecular weight excluding hydrogens is 488 g/mol. The Balaban J connectivity index is 1.47. The van der Waals surface area contributed by atoms with Gasteiger partial charge < -0.3 is 37.9 Å². The lowest BCUT2D eigenvalue weighted by molar-refractivity contribution is -0.155. The van der Waals surface area contributed by atoms with Crippen LogP contribution in [-0.2, 0) is 51.1 Å². The van der Waals surface area contributed by atoms with Crippen molar-refractivity contribution in [3.63, 3.8) is 0 Å². The highest BCUT2D eigenvalue weighted by Crippen LogP contribution is 2.16. The van der Waals surface area contributed by atoms with E-state index in [9.17, 15) is 0 Å². The van der Waals surface area contributed by atoms with Crippen molar-refractivity contribution in [2.24, 2.45) is 0 Å². The minimum atomic E-state index is -0.608. The molecule has 0 spiro atoms. The summed E-state index contributed by atoms with van der Waals surface area (Å²) in [5, 5.41) is 0. The minimum absolute atomic E-state index is 0.377. The number of rotatable bonds is 8. The highest BCUT2D eigenvalue weighted by atomic mass is 16.6. The van der Waals surface area contributed by atoms with E-state index in [0.29, 0.717) is 92.5 Å². The van der Waals surface area contributed by atoms with E-state index >= 15 is 0 Å². The largest absolute Gasteiger partial charge is 0.377 e. The Labute approximate surface area is 227 Å². The number of benzene rings is 2. The molecule has 1 saturated heterocycles. The van der Waals surface area contributed by atoms with E-state index in [4.69, 9.17) is 37.9 Å². The second-order valence-corrected chi connectivity index (χ2v) is 9.88. The second-order valence-electron chi connectivity index (χ2n) is 9.88. The average molecular weight is 533 g/mol. The summed E-state index contributed by atoms with van der Waals surface area (Å²) in [5.74, 6) is 0. The maximum Gasteiger partial charge on any atom is 0.112 e. The van der Waals surface area contributed by atoms with Crippen LogP contribution in [-0.4, -0.2) is 90.5 Å². The van der Waals surface area contributed by atoms with Gasteiger partial charge in [0.05, 0.1) is 92.5 Å². The van der Waals surface area contributed by atoms with Crippen LogP contribution in [0.3, 0.4) is 0 Å². The quantitative estimate of drug-likeness (QED) is 0.504. The summed E-state index contributed by atoms with van der Waals surface area (Å²) in [7, 11) is 0. The van der Waals surface area contributed by atoms with Crippen molar-refractivity contribution in [3.05, 3.63) is 71.8 Å². The van der Waals surface area contributed by atoms with Crippen molar-refractivity contribution in [3.8, 4) is 0 Å². The highest BCUT2D eigenvalue weighted by molar-refractivity contribution is 5.14. The summed E-state index contributed by atoms with van der Waals surface area (Å²) in [6.45, 7) is 10.2. The van der Waals surface area contributed by atoms with Crippen LogP contribution in [0.2, 0.25) is 0 Å². The molecule has 8 heteroatoms. The summed E-state index contributed by atoms with van der Waals surface area (Å²) in [6, 6.07) is 20.2. The van der Waals surface area contributed by atoms with E-state index in [2.05, 4.69) is 0 Å². The molecular formula is C30H44O8. The van der Waals surface area contributed by atoms with Crippen LogP contribution >= 0.6 is 0 Å². The molecule has 2 aromatic carbocycles. The zero-order valence-corrected chi connectivity index (χ0v) is 22.9. The molecule has 212 valence electrons. The van der Waals surface area contributed by atoms with Crippen molar-refractivity contribution in [1.29, 1.82) is 0 Å². The molecule has 0 radical (unpaired) electrons. The Bertz CT molecular complexity index is 780. The average Bonchev–Trinajstić information content (AvgIpc) is 2.93. The third-order valence-electron chi connectivity index (χ3n) is 5.95. The van der Waals surface area contributed by atoms with E-state index < -0.39 is 11.2 Å². The van der Waals surface area contributed by atoms with Gasteiger partial charge in [-0.3, -0.25) is 0 Å². The molecule has 1 aliphatic heterocycles. The summed E-state index contributed by atoms with van der Waals surface area (Å²) in [5.41, 5.74) is 1.02. The van der Waals surface area contributed by atoms with Gasteiger partial charge in [-0.2, -0.15) is 0 Å². The number of ether oxygens (including phenoxy) is 8. The van der Waals surface area contributed by atoms with Crippen LogP contribution in [0, 0.1) is 0 Å². The van der Waals surface area contributed by atoms with Gasteiger partial charge >= 0.3 is 0 Å². The summed E-state index contributed by atoms with van der Waals surface area (Å²) < 4.78 is 47.4. The van der Waals surface area contributed by atoms with Gasteiger partial charge in [0.1, 0.15) is 11.2 Å². The SMILES string of the molecule is C[C@@]1(COCc2ccccc2)COCCOC[C@@](C)(COCc2ccccc2)OCCOCCOCCO1. The van der Waals surface area contributed by atoms with Gasteiger partial charge in [-0.15, -0.1) is 0 Å². The fourth-order valence-electron chi connectivity index (χ4n) is 3.88. The topological polar surface area (TPSA) is 73.8 Å². The van der Waals surface area contributed by atoms with Crippen LogP contribution in [0.25, 0.3) is 0 Å². The van der Waals surface area contributed by atoms with Crippen molar-refractivity contribution < 1.29 is 37.9 Å². The van der Waals surface area contributed by atoms with Crippen LogP contribution in [0.15, 0.2) is 60.7 Å². The smallest absolute Gasteiger partial charge is 0.112 e. The summed E-state index contributed by atoms with van der Waals surface area (Å²) in [6.07, 6.45) is 0. The Hall–Kier alpha value is -1.88. The van der Waals surface area contributed by atoms with Gasteiger partial charge in [-0.05, 0) is 25.0 Å². The van der Waals surface area contributed by atoms with Gasteiger partial charge in [0.2, 0.25) is 0 Å². The first-order chi connectivity index (χ1) is 18.6. The van der Waals surface area contributed by atoms with Crippen molar-refractivity contribution >= 4 is 0 Å². The lowest BCUT2D eigenvalue weighted by Crippen LogP contribution is -2.42. The van der Waals surface area contributed by atoms with E-state index in [-0.39, 0.29) is 0 Å². The molecule has 0 amide bonds. The molecule has 0 unspecified atom stereocenters. The Morgan fingerprint density at radius 2 is 0.895 bits per heavy atom. The predicted molar refractivity (Wildman–Crippen MR) is 144 cm³/mol. The van der Waals surface area contributed by atoms with Crippen LogP contribution in [0.4, 0.5) is 0 Å². The molecule has 1 heterocycles. The molecule has 0 bridgehead atoms. The molecule has 2 aromatic rings. The molecule has 1 aliphatic rings. The molecule has 3 rings (SSSR count). The first kappa shape index (κ1) is 30.7. The third kappa shape index (κ3) is 12.8. The van der Waals surface area contributed by atoms with Gasteiger partial charge in [-0.25, -0.2) is 0 Å². The summed E-state index contributed by atoms with van der Waals surface area (Å²) in [4.78, 5) is 0. The van der Waals surface area contributed by atoms with Gasteiger partial charge in [0.25, 0.3) is 0 Å². The molecule has 8 nitrogen and oxygen atoms in total. The fourth-order valence-corrected chi connectivity index (χ4v) is 3.88. The maximum atomic E-state index is 6.13. The Kier molecular flexibility index (Phi) is 14.2. The first-order valence-electron chi connectivity index (χ1n) is 13.4. The standard InChI is InChI=1S/C30H44O8/c1-29(25-35-21-27-9-5-3-6-10-27)23-33-15-16-34-24-30(2,26-36-22-28-11-7-4-8-12-28)38-20-18-32-14-13-31-17-19-37-29/h3-12H,13-26H2,1-2H3/t29-,30-/m0/s1. The number of hydrogen-bond donors (Lipinski definition) is 0. The Morgan fingerprint density at radius 1 is 0.526 bits per heavy atom. The molecule has 0 aromatic heterocycles. The zero-order valence-electron chi connectivity index (χ0n) is 22.9. The highest BCUT2D eigenvalue weighted by Gasteiger charge is 2.28. The molecule has 2 atom stereocenters. The normalized spacial score (nSPS) is 25.3. The van der Waals surface area contributed by atoms with Crippen LogP contribution in [0.5, 0.6) is 0 Å². The zero-order chi connectivity index (χ0) is 26.8. The van der Waals surface area contributed by atoms with E-state index in [0.717, 1.165) is 11.1 Å². The monoisotopic (exact) mass is 532 g/mol. The van der Waals surface area contributed by atoms with Crippen LogP contribution < -0.4 is 0 Å².